The number of hydrogen-bond donors (Lipinski definition) is 0. The highest BCUT2D eigenvalue weighted by Gasteiger charge is 2.31. The summed E-state index contributed by atoms with van der Waals surface area (Å²) in [5.41, 5.74) is -0.0664. The third-order valence-corrected chi connectivity index (χ3v) is 3.87. The largest absolute Gasteiger partial charge is 0.416 e. The molecule has 1 heterocycles. The summed E-state index contributed by atoms with van der Waals surface area (Å²) in [4.78, 5) is 13.4. The van der Waals surface area contributed by atoms with Gasteiger partial charge in [-0.15, -0.1) is 11.6 Å². The smallest absolute Gasteiger partial charge is 0.342 e. The lowest BCUT2D eigenvalue weighted by Gasteiger charge is -2.16. The van der Waals surface area contributed by atoms with Crippen LogP contribution >= 0.6 is 11.6 Å². The molecule has 1 unspecified atom stereocenters. The Kier molecular flexibility index (Phi) is 4.58. The number of carbonyl (C=O) groups excluding carboxylic acids is 1. The van der Waals surface area contributed by atoms with Gasteiger partial charge in [-0.2, -0.15) is 13.2 Å². The van der Waals surface area contributed by atoms with E-state index in [0.717, 1.165) is 12.1 Å². The molecule has 1 amide bonds. The fraction of sp³-hybridized carbons (Fsp3) is 0.500. The zero-order valence-electron chi connectivity index (χ0n) is 10.8. The maximum Gasteiger partial charge on any atom is 0.416 e. The first-order chi connectivity index (χ1) is 9.40. The van der Waals surface area contributed by atoms with Crippen LogP contribution in [0.25, 0.3) is 0 Å². The molecule has 1 saturated heterocycles. The molecule has 1 aromatic carbocycles. The lowest BCUT2D eigenvalue weighted by atomic mass is 10.1. The monoisotopic (exact) mass is 305 g/mol. The molecule has 110 valence electrons. The Morgan fingerprint density at radius 3 is 2.70 bits per heavy atom. The topological polar surface area (TPSA) is 20.3 Å². The summed E-state index contributed by atoms with van der Waals surface area (Å²) in [6.45, 7) is 1.04. The van der Waals surface area contributed by atoms with Gasteiger partial charge in [-0.05, 0) is 24.0 Å². The van der Waals surface area contributed by atoms with E-state index >= 15 is 0 Å². The molecule has 0 aromatic heterocycles. The van der Waals surface area contributed by atoms with Crippen LogP contribution in [0.5, 0.6) is 0 Å². The standard InChI is InChI=1S/C14H15ClF3NO/c15-8-11-7-13(20)19(9-11)5-4-10-2-1-3-12(6-10)14(16,17)18/h1-3,6,11H,4-5,7-9H2. The van der Waals surface area contributed by atoms with Crippen molar-refractivity contribution in [3.63, 3.8) is 0 Å². The summed E-state index contributed by atoms with van der Waals surface area (Å²) >= 11 is 5.72. The van der Waals surface area contributed by atoms with Crippen LogP contribution in [0, 0.1) is 5.92 Å². The maximum atomic E-state index is 12.6. The molecule has 2 nitrogen and oxygen atoms in total. The Balaban J connectivity index is 1.96. The summed E-state index contributed by atoms with van der Waals surface area (Å²) in [5, 5.41) is 0. The molecular weight excluding hydrogens is 291 g/mol. The quantitative estimate of drug-likeness (QED) is 0.781. The zero-order chi connectivity index (χ0) is 14.8. The van der Waals surface area contributed by atoms with Gasteiger partial charge < -0.3 is 4.90 Å². The molecule has 6 heteroatoms. The Hall–Kier alpha value is -1.23. The summed E-state index contributed by atoms with van der Waals surface area (Å²) in [5.74, 6) is 0.625. The average molecular weight is 306 g/mol. The third-order valence-electron chi connectivity index (χ3n) is 3.44. The van der Waals surface area contributed by atoms with Crippen molar-refractivity contribution < 1.29 is 18.0 Å². The molecule has 2 rings (SSSR count). The van der Waals surface area contributed by atoms with E-state index in [1.807, 2.05) is 0 Å². The van der Waals surface area contributed by atoms with Gasteiger partial charge in [-0.1, -0.05) is 18.2 Å². The number of nitrogens with zero attached hydrogens (tertiary/aromatic N) is 1. The number of likely N-dealkylation sites (tertiary alicyclic amines) is 1. The minimum atomic E-state index is -4.33. The van der Waals surface area contributed by atoms with Crippen LogP contribution in [-0.2, 0) is 17.4 Å². The first kappa shape index (κ1) is 15.2. The number of carbonyl (C=O) groups is 1. The maximum absolute atomic E-state index is 12.6. The van der Waals surface area contributed by atoms with Gasteiger partial charge in [0, 0.05) is 25.4 Å². The van der Waals surface area contributed by atoms with E-state index in [2.05, 4.69) is 0 Å². The molecule has 1 aliphatic heterocycles. The average Bonchev–Trinajstić information content (AvgIpc) is 2.76. The van der Waals surface area contributed by atoms with Crippen molar-refractivity contribution in [1.82, 2.24) is 4.90 Å². The van der Waals surface area contributed by atoms with Crippen LogP contribution in [-0.4, -0.2) is 29.8 Å². The Morgan fingerprint density at radius 2 is 2.10 bits per heavy atom. The summed E-state index contributed by atoms with van der Waals surface area (Å²) in [7, 11) is 0. The van der Waals surface area contributed by atoms with Gasteiger partial charge in [0.15, 0.2) is 0 Å². The van der Waals surface area contributed by atoms with Crippen molar-refractivity contribution in [2.45, 2.75) is 19.0 Å². The molecule has 0 radical (unpaired) electrons. The molecule has 20 heavy (non-hydrogen) atoms. The van der Waals surface area contributed by atoms with Crippen LogP contribution in [0.3, 0.4) is 0 Å². The summed E-state index contributed by atoms with van der Waals surface area (Å²) < 4.78 is 37.8. The first-order valence-electron chi connectivity index (χ1n) is 6.40. The van der Waals surface area contributed by atoms with Crippen molar-refractivity contribution in [3.8, 4) is 0 Å². The predicted octanol–water partition coefficient (Wildman–Crippen LogP) is 3.34. The van der Waals surface area contributed by atoms with Gasteiger partial charge in [0.25, 0.3) is 0 Å². The fourth-order valence-electron chi connectivity index (χ4n) is 2.34. The molecule has 0 N–H and O–H groups in total. The van der Waals surface area contributed by atoms with Gasteiger partial charge in [0.1, 0.15) is 0 Å². The van der Waals surface area contributed by atoms with Crippen molar-refractivity contribution in [1.29, 1.82) is 0 Å². The normalized spacial score (nSPS) is 19.7. The van der Waals surface area contributed by atoms with Crippen LogP contribution in [0.1, 0.15) is 17.5 Å². The molecule has 0 aliphatic carbocycles. The Bertz CT molecular complexity index is 490. The number of halogens is 4. The van der Waals surface area contributed by atoms with Crippen LogP contribution in [0.15, 0.2) is 24.3 Å². The highest BCUT2D eigenvalue weighted by Crippen LogP contribution is 2.29. The highest BCUT2D eigenvalue weighted by atomic mass is 35.5. The van der Waals surface area contributed by atoms with E-state index in [9.17, 15) is 18.0 Å². The molecule has 1 aromatic rings. The second kappa shape index (κ2) is 6.04. The lowest BCUT2D eigenvalue weighted by Crippen LogP contribution is -2.27. The molecule has 0 bridgehead atoms. The van der Waals surface area contributed by atoms with E-state index in [1.54, 1.807) is 11.0 Å². The van der Waals surface area contributed by atoms with E-state index in [0.29, 0.717) is 37.4 Å². The zero-order valence-corrected chi connectivity index (χ0v) is 11.5. The Labute approximate surface area is 120 Å². The SMILES string of the molecule is O=C1CC(CCl)CN1CCc1cccc(C(F)(F)F)c1. The van der Waals surface area contributed by atoms with E-state index in [-0.39, 0.29) is 11.8 Å². The predicted molar refractivity (Wildman–Crippen MR) is 70.6 cm³/mol. The van der Waals surface area contributed by atoms with E-state index in [1.165, 1.54) is 6.07 Å². The Morgan fingerprint density at radius 1 is 1.35 bits per heavy atom. The van der Waals surface area contributed by atoms with Crippen molar-refractivity contribution in [2.75, 3.05) is 19.0 Å². The molecule has 0 spiro atoms. The number of rotatable bonds is 4. The molecule has 0 saturated carbocycles. The third kappa shape index (κ3) is 3.66. The van der Waals surface area contributed by atoms with Crippen LogP contribution in [0.2, 0.25) is 0 Å². The molecular formula is C14H15ClF3NO. The number of hydrogen-bond acceptors (Lipinski definition) is 1. The van der Waals surface area contributed by atoms with E-state index in [4.69, 9.17) is 11.6 Å². The lowest BCUT2D eigenvalue weighted by molar-refractivity contribution is -0.137. The van der Waals surface area contributed by atoms with Crippen LogP contribution < -0.4 is 0 Å². The summed E-state index contributed by atoms with van der Waals surface area (Å²) in [6.07, 6.45) is -3.47. The molecule has 1 aliphatic rings. The molecule has 1 fully saturated rings. The van der Waals surface area contributed by atoms with Gasteiger partial charge in [0.05, 0.1) is 5.56 Å². The van der Waals surface area contributed by atoms with Crippen LogP contribution in [0.4, 0.5) is 13.2 Å². The van der Waals surface area contributed by atoms with Crippen molar-refractivity contribution in [3.05, 3.63) is 35.4 Å². The van der Waals surface area contributed by atoms with E-state index < -0.39 is 11.7 Å². The van der Waals surface area contributed by atoms with Gasteiger partial charge in [0.2, 0.25) is 5.91 Å². The number of benzene rings is 1. The number of alkyl halides is 4. The van der Waals surface area contributed by atoms with Crippen molar-refractivity contribution in [2.24, 2.45) is 5.92 Å². The number of amides is 1. The minimum Gasteiger partial charge on any atom is -0.342 e. The second-order valence-corrected chi connectivity index (χ2v) is 5.32. The second-order valence-electron chi connectivity index (χ2n) is 5.01. The van der Waals surface area contributed by atoms with Gasteiger partial charge in [-0.3, -0.25) is 4.79 Å². The highest BCUT2D eigenvalue weighted by molar-refractivity contribution is 6.18. The summed E-state index contributed by atoms with van der Waals surface area (Å²) in [6, 6.07) is 5.23. The van der Waals surface area contributed by atoms with Gasteiger partial charge >= 0.3 is 6.18 Å². The first-order valence-corrected chi connectivity index (χ1v) is 6.93. The fourth-order valence-corrected chi connectivity index (χ4v) is 2.55. The minimum absolute atomic E-state index is 0.0302. The van der Waals surface area contributed by atoms with Crippen molar-refractivity contribution >= 4 is 17.5 Å². The van der Waals surface area contributed by atoms with Gasteiger partial charge in [-0.25, -0.2) is 0 Å². The molecule has 1 atom stereocenters.